The molecule has 0 saturated carbocycles. The zero-order chi connectivity index (χ0) is 16.8. The Morgan fingerprint density at radius 2 is 1.91 bits per heavy atom. The van der Waals surface area contributed by atoms with E-state index < -0.39 is 11.9 Å². The summed E-state index contributed by atoms with van der Waals surface area (Å²) < 4.78 is 10.1. The number of nitrogens with one attached hydrogen (secondary N) is 3. The average molecular weight is 331 g/mol. The Kier molecular flexibility index (Phi) is 12.6. The molecule has 126 valence electrons. The second-order valence-corrected chi connectivity index (χ2v) is 5.43. The van der Waals surface area contributed by atoms with Crippen LogP contribution in [-0.4, -0.2) is 70.0 Å². The van der Waals surface area contributed by atoms with Crippen molar-refractivity contribution in [3.05, 3.63) is 0 Å². The Morgan fingerprint density at radius 3 is 2.45 bits per heavy atom. The van der Waals surface area contributed by atoms with Crippen molar-refractivity contribution in [2.24, 2.45) is 0 Å². The third kappa shape index (κ3) is 9.63. The molecule has 0 aliphatic carbocycles. The molecule has 2 amide bonds. The summed E-state index contributed by atoms with van der Waals surface area (Å²) in [5.41, 5.74) is 0. The van der Waals surface area contributed by atoms with Gasteiger partial charge in [0.05, 0.1) is 0 Å². The molecule has 0 radical (unpaired) electrons. The summed E-state index contributed by atoms with van der Waals surface area (Å²) in [6.45, 7) is 1.34. The fourth-order valence-electron chi connectivity index (χ4n) is 1.50. The number of carbonyl (C=O) groups excluding carboxylic acids is 2. The summed E-state index contributed by atoms with van der Waals surface area (Å²) >= 11 is 1.44. The third-order valence-corrected chi connectivity index (χ3v) is 3.80. The summed E-state index contributed by atoms with van der Waals surface area (Å²) in [5, 5.41) is 8.28. The van der Waals surface area contributed by atoms with Crippen LogP contribution in [0.15, 0.2) is 0 Å². The first-order valence-corrected chi connectivity index (χ1v) is 8.07. The summed E-state index contributed by atoms with van der Waals surface area (Å²) in [7, 11) is 4.93. The number of hydrogen-bond donors (Lipinski definition) is 3. The molecule has 0 aromatic heterocycles. The van der Waals surface area contributed by atoms with Crippen LogP contribution in [0.25, 0.3) is 0 Å². The number of ether oxygens (including phenoxy) is 2. The second kappa shape index (κ2) is 13.4. The Balaban J connectivity index is 4.33. The van der Waals surface area contributed by atoms with E-state index in [1.807, 2.05) is 13.0 Å². The summed E-state index contributed by atoms with van der Waals surface area (Å²) in [5.74, 6) is 2.02. The van der Waals surface area contributed by atoms with Crippen LogP contribution in [0.1, 0.15) is 6.42 Å². The van der Waals surface area contributed by atoms with Crippen molar-refractivity contribution in [2.45, 2.75) is 18.8 Å². The topological polar surface area (TPSA) is 88.7 Å². The summed E-state index contributed by atoms with van der Waals surface area (Å²) in [4.78, 5) is 23.4. The maximum absolute atomic E-state index is 12.1. The van der Waals surface area contributed by atoms with Gasteiger partial charge in [0.1, 0.15) is 6.04 Å². The van der Waals surface area contributed by atoms with E-state index in [1.165, 1.54) is 11.8 Å². The minimum Gasteiger partial charge on any atom is -0.355 e. The lowest BCUT2D eigenvalue weighted by Gasteiger charge is -2.18. The number of hydrogen-bond acceptors (Lipinski definition) is 6. The Bertz CT molecular complexity index is 370. The van der Waals surface area contributed by atoms with Gasteiger partial charge < -0.3 is 25.4 Å². The maximum Gasteiger partial charge on any atom is 0.296 e. The van der Waals surface area contributed by atoms with Crippen LogP contribution in [-0.2, 0) is 19.1 Å². The Morgan fingerprint density at radius 1 is 1.23 bits per heavy atom. The van der Waals surface area contributed by atoms with Crippen LogP contribution in [0.5, 0.6) is 0 Å². The maximum atomic E-state index is 12.1. The van der Waals surface area contributed by atoms with E-state index in [0.717, 1.165) is 13.0 Å². The molecule has 8 heteroatoms. The smallest absolute Gasteiger partial charge is 0.296 e. The lowest BCUT2D eigenvalue weighted by atomic mass is 10.3. The summed E-state index contributed by atoms with van der Waals surface area (Å²) in [6.07, 6.45) is 5.48. The largest absolute Gasteiger partial charge is 0.355 e. The highest BCUT2D eigenvalue weighted by molar-refractivity contribution is 7.99. The van der Waals surface area contributed by atoms with Gasteiger partial charge in [-0.05, 0) is 25.9 Å². The van der Waals surface area contributed by atoms with Crippen molar-refractivity contribution in [3.8, 4) is 12.3 Å². The molecule has 3 N–H and O–H groups in total. The van der Waals surface area contributed by atoms with Crippen LogP contribution in [0.3, 0.4) is 0 Å². The number of amides is 2. The van der Waals surface area contributed by atoms with Gasteiger partial charge in [-0.1, -0.05) is 0 Å². The zero-order valence-corrected chi connectivity index (χ0v) is 14.1. The molecule has 0 spiro atoms. The molecule has 1 atom stereocenters. The van der Waals surface area contributed by atoms with Gasteiger partial charge in [-0.15, -0.1) is 6.42 Å². The molecule has 0 aromatic carbocycles. The fraction of sp³-hybridized carbons (Fsp3) is 0.714. The predicted molar refractivity (Wildman–Crippen MR) is 87.4 cm³/mol. The second-order valence-electron chi connectivity index (χ2n) is 4.36. The van der Waals surface area contributed by atoms with Crippen molar-refractivity contribution >= 4 is 23.6 Å². The molecule has 0 aliphatic rings. The van der Waals surface area contributed by atoms with E-state index >= 15 is 0 Å². The predicted octanol–water partition coefficient (Wildman–Crippen LogP) is -0.818. The third-order valence-electron chi connectivity index (χ3n) is 2.72. The van der Waals surface area contributed by atoms with Gasteiger partial charge in [0.15, 0.2) is 6.29 Å². The van der Waals surface area contributed by atoms with E-state index in [2.05, 4.69) is 16.0 Å². The van der Waals surface area contributed by atoms with Crippen molar-refractivity contribution in [3.63, 3.8) is 0 Å². The first-order chi connectivity index (χ1) is 10.6. The average Bonchev–Trinajstić information content (AvgIpc) is 2.54. The fourth-order valence-corrected chi connectivity index (χ4v) is 2.57. The van der Waals surface area contributed by atoms with Gasteiger partial charge in [-0.25, -0.2) is 0 Å². The van der Waals surface area contributed by atoms with Crippen LogP contribution in [0.2, 0.25) is 0 Å². The SMILES string of the molecule is C#CC(=O)NC(CSCC(OC)OC)C(=O)NCCCNC. The molecule has 0 aliphatic heterocycles. The van der Waals surface area contributed by atoms with E-state index in [0.29, 0.717) is 18.1 Å². The lowest BCUT2D eigenvalue weighted by Crippen LogP contribution is -2.48. The normalized spacial score (nSPS) is 11.8. The number of carbonyl (C=O) groups is 2. The van der Waals surface area contributed by atoms with Crippen molar-refractivity contribution < 1.29 is 19.1 Å². The van der Waals surface area contributed by atoms with Gasteiger partial charge in [0.25, 0.3) is 5.91 Å². The molecular formula is C14H25N3O4S. The van der Waals surface area contributed by atoms with Crippen LogP contribution in [0, 0.1) is 12.3 Å². The Hall–Kier alpha value is -1.27. The monoisotopic (exact) mass is 331 g/mol. The van der Waals surface area contributed by atoms with Crippen LogP contribution in [0.4, 0.5) is 0 Å². The standard InChI is InChI=1S/C14H25N3O4S/c1-5-12(18)17-11(9-22-10-13(20-3)21-4)14(19)16-8-6-7-15-2/h1,11,13,15H,6-10H2,2-4H3,(H,16,19)(H,17,18). The van der Waals surface area contributed by atoms with Crippen LogP contribution >= 0.6 is 11.8 Å². The van der Waals surface area contributed by atoms with E-state index in [1.54, 1.807) is 14.2 Å². The highest BCUT2D eigenvalue weighted by Crippen LogP contribution is 2.08. The van der Waals surface area contributed by atoms with E-state index in [-0.39, 0.29) is 12.2 Å². The molecule has 0 bridgehead atoms. The van der Waals surface area contributed by atoms with E-state index in [9.17, 15) is 9.59 Å². The molecule has 1 unspecified atom stereocenters. The minimum absolute atomic E-state index is 0.251. The molecular weight excluding hydrogens is 306 g/mol. The van der Waals surface area contributed by atoms with Gasteiger partial charge in [-0.3, -0.25) is 9.59 Å². The highest BCUT2D eigenvalue weighted by atomic mass is 32.2. The van der Waals surface area contributed by atoms with Gasteiger partial charge in [0.2, 0.25) is 5.91 Å². The zero-order valence-electron chi connectivity index (χ0n) is 13.3. The molecule has 0 aromatic rings. The lowest BCUT2D eigenvalue weighted by molar-refractivity contribution is -0.126. The van der Waals surface area contributed by atoms with Crippen molar-refractivity contribution in [2.75, 3.05) is 45.9 Å². The van der Waals surface area contributed by atoms with Crippen LogP contribution < -0.4 is 16.0 Å². The quantitative estimate of drug-likeness (QED) is 0.246. The van der Waals surface area contributed by atoms with Crippen molar-refractivity contribution in [1.82, 2.24) is 16.0 Å². The number of methoxy groups -OCH3 is 2. The number of thioether (sulfide) groups is 1. The van der Waals surface area contributed by atoms with Crippen molar-refractivity contribution in [1.29, 1.82) is 0 Å². The minimum atomic E-state index is -0.683. The molecule has 7 nitrogen and oxygen atoms in total. The van der Waals surface area contributed by atoms with Gasteiger partial charge in [0, 0.05) is 32.3 Å². The van der Waals surface area contributed by atoms with Gasteiger partial charge in [-0.2, -0.15) is 11.8 Å². The van der Waals surface area contributed by atoms with E-state index in [4.69, 9.17) is 15.9 Å². The highest BCUT2D eigenvalue weighted by Gasteiger charge is 2.20. The number of terminal acetylenes is 1. The summed E-state index contributed by atoms with van der Waals surface area (Å²) in [6, 6.07) is -0.683. The molecule has 0 fully saturated rings. The first-order valence-electron chi connectivity index (χ1n) is 6.91. The molecule has 0 saturated heterocycles. The first kappa shape index (κ1) is 20.7. The van der Waals surface area contributed by atoms with Gasteiger partial charge >= 0.3 is 0 Å². The molecule has 0 heterocycles. The molecule has 0 rings (SSSR count). The Labute approximate surface area is 136 Å². The molecule has 22 heavy (non-hydrogen) atoms. The number of rotatable bonds is 12.